The van der Waals surface area contributed by atoms with Gasteiger partial charge in [0.1, 0.15) is 11.5 Å². The molecule has 3 rings (SSSR count). The van der Waals surface area contributed by atoms with Crippen molar-refractivity contribution in [2.75, 3.05) is 33.5 Å². The highest BCUT2D eigenvalue weighted by Gasteiger charge is 2.10. The number of hydrogen-bond acceptors (Lipinski definition) is 9. The molecule has 0 radical (unpaired) electrons. The first-order valence-corrected chi connectivity index (χ1v) is 15.6. The number of thioether (sulfide) groups is 1. The summed E-state index contributed by atoms with van der Waals surface area (Å²) in [7, 11) is 1.51. The van der Waals surface area contributed by atoms with Crippen LogP contribution in [0.25, 0.3) is 11.1 Å². The molecule has 0 aliphatic rings. The van der Waals surface area contributed by atoms with Crippen LogP contribution in [0, 0.1) is 0 Å². The molecule has 3 aromatic carbocycles. The second kappa shape index (κ2) is 19.8. The summed E-state index contributed by atoms with van der Waals surface area (Å²) in [6.45, 7) is 8.53. The second-order valence-electron chi connectivity index (χ2n) is 10.0. The van der Waals surface area contributed by atoms with E-state index in [9.17, 15) is 14.4 Å². The summed E-state index contributed by atoms with van der Waals surface area (Å²) in [6.07, 6.45) is 5.53. The van der Waals surface area contributed by atoms with Gasteiger partial charge in [-0.05, 0) is 104 Å². The van der Waals surface area contributed by atoms with Gasteiger partial charge in [-0.3, -0.25) is 9.59 Å². The van der Waals surface area contributed by atoms with Gasteiger partial charge in [0.25, 0.3) is 0 Å². The first-order valence-electron chi connectivity index (χ1n) is 14.8. The van der Waals surface area contributed by atoms with Crippen LogP contribution >= 0.6 is 11.8 Å². The van der Waals surface area contributed by atoms with E-state index in [0.717, 1.165) is 53.7 Å². The monoisotopic (exact) mass is 632 g/mol. The van der Waals surface area contributed by atoms with Crippen molar-refractivity contribution in [1.29, 1.82) is 0 Å². The summed E-state index contributed by atoms with van der Waals surface area (Å²) in [5.41, 5.74) is 2.93. The van der Waals surface area contributed by atoms with Crippen molar-refractivity contribution in [3.8, 4) is 22.6 Å². The summed E-state index contributed by atoms with van der Waals surface area (Å²) in [5.74, 6) is 0.735. The van der Waals surface area contributed by atoms with Crippen LogP contribution in [0.4, 0.5) is 0 Å². The first-order chi connectivity index (χ1) is 21.9. The molecule has 8 nitrogen and oxygen atoms in total. The molecule has 0 spiro atoms. The lowest BCUT2D eigenvalue weighted by molar-refractivity contribution is -0.140. The lowest BCUT2D eigenvalue weighted by atomic mass is 10.0. The molecule has 0 amide bonds. The molecule has 0 saturated heterocycles. The van der Waals surface area contributed by atoms with Gasteiger partial charge in [0.2, 0.25) is 5.12 Å². The maximum absolute atomic E-state index is 12.9. The molecule has 238 valence electrons. The molecule has 0 fully saturated rings. The minimum absolute atomic E-state index is 0.0374. The predicted octanol–water partition coefficient (Wildman–Crippen LogP) is 7.82. The third kappa shape index (κ3) is 13.0. The van der Waals surface area contributed by atoms with Gasteiger partial charge in [-0.25, -0.2) is 4.79 Å². The van der Waals surface area contributed by atoms with Crippen molar-refractivity contribution >= 4 is 28.8 Å². The lowest BCUT2D eigenvalue weighted by Gasteiger charge is -2.09. The Morgan fingerprint density at radius 1 is 0.733 bits per heavy atom. The van der Waals surface area contributed by atoms with Crippen molar-refractivity contribution in [1.82, 2.24) is 0 Å². The maximum atomic E-state index is 12.9. The number of esters is 2. The highest BCUT2D eigenvalue weighted by Crippen LogP contribution is 2.28. The summed E-state index contributed by atoms with van der Waals surface area (Å²) in [6, 6.07) is 22.7. The van der Waals surface area contributed by atoms with Crippen LogP contribution < -0.4 is 9.47 Å². The molecule has 0 bridgehead atoms. The zero-order valence-corrected chi connectivity index (χ0v) is 26.5. The van der Waals surface area contributed by atoms with E-state index in [-0.39, 0.29) is 24.1 Å². The van der Waals surface area contributed by atoms with Gasteiger partial charge in [0, 0.05) is 24.0 Å². The standard InChI is InChI=1S/C36H40O8S/c1-4-41-34(37)10-9-25-43-31-17-15-29(16-18-31)28-11-13-30(14-12-28)36(39)45-33-21-19-32(20-22-33)42-23-7-5-6-8-24-44-35(38)27(2)26-40-3/h4,11-22H,1-2,5-10,23-26H2,3H3. The Hall–Kier alpha value is -4.34. The molecule has 0 atom stereocenters. The molecular formula is C36H40O8S. The van der Waals surface area contributed by atoms with E-state index in [1.807, 2.05) is 72.8 Å². The quantitative estimate of drug-likeness (QED) is 0.0406. The molecule has 0 unspecified atom stereocenters. The Morgan fingerprint density at radius 2 is 1.29 bits per heavy atom. The van der Waals surface area contributed by atoms with Crippen molar-refractivity contribution in [2.24, 2.45) is 0 Å². The SMILES string of the molecule is C=COC(=O)CCCOc1ccc(-c2ccc(C(=O)Sc3ccc(OCCCCCCOC(=O)C(=C)COC)cc3)cc2)cc1. The molecule has 3 aromatic rings. The topological polar surface area (TPSA) is 97.4 Å². The largest absolute Gasteiger partial charge is 0.494 e. The van der Waals surface area contributed by atoms with E-state index >= 15 is 0 Å². The molecule has 9 heteroatoms. The normalized spacial score (nSPS) is 10.5. The highest BCUT2D eigenvalue weighted by atomic mass is 32.2. The zero-order chi connectivity index (χ0) is 32.3. The summed E-state index contributed by atoms with van der Waals surface area (Å²) in [4.78, 5) is 36.7. The van der Waals surface area contributed by atoms with E-state index in [0.29, 0.717) is 43.1 Å². The number of carbonyl (C=O) groups excluding carboxylic acids is 3. The molecular weight excluding hydrogens is 592 g/mol. The first kappa shape index (κ1) is 35.1. The number of ether oxygens (including phenoxy) is 5. The van der Waals surface area contributed by atoms with Gasteiger partial charge in [-0.1, -0.05) is 37.4 Å². The molecule has 0 aliphatic heterocycles. The molecule has 0 aliphatic carbocycles. The molecule has 0 saturated carbocycles. The van der Waals surface area contributed by atoms with Gasteiger partial charge in [-0.2, -0.15) is 0 Å². The van der Waals surface area contributed by atoms with Crippen LogP contribution in [0.5, 0.6) is 11.5 Å². The fraction of sp³-hybridized carbons (Fsp3) is 0.306. The number of methoxy groups -OCH3 is 1. The fourth-order valence-corrected chi connectivity index (χ4v) is 4.86. The van der Waals surface area contributed by atoms with E-state index in [4.69, 9.17) is 18.9 Å². The van der Waals surface area contributed by atoms with Crippen LogP contribution in [0.15, 0.2) is 103 Å². The van der Waals surface area contributed by atoms with E-state index in [1.54, 1.807) is 0 Å². The predicted molar refractivity (Wildman–Crippen MR) is 175 cm³/mol. The number of hydrogen-bond donors (Lipinski definition) is 0. The van der Waals surface area contributed by atoms with Crippen molar-refractivity contribution in [3.05, 3.63) is 103 Å². The van der Waals surface area contributed by atoms with E-state index < -0.39 is 5.97 Å². The second-order valence-corrected chi connectivity index (χ2v) is 11.1. The Labute approximate surface area is 269 Å². The minimum atomic E-state index is -0.411. The Kier molecular flexibility index (Phi) is 15.5. The van der Waals surface area contributed by atoms with Crippen LogP contribution in [0.1, 0.15) is 48.9 Å². The number of rotatable bonds is 20. The lowest BCUT2D eigenvalue weighted by Crippen LogP contribution is -2.11. The average Bonchev–Trinajstić information content (AvgIpc) is 3.05. The number of carbonyl (C=O) groups is 3. The Bertz CT molecular complexity index is 1380. The third-order valence-corrected chi connectivity index (χ3v) is 7.43. The average molecular weight is 633 g/mol. The fourth-order valence-electron chi connectivity index (χ4n) is 4.12. The van der Waals surface area contributed by atoms with Crippen LogP contribution in [-0.2, 0) is 23.8 Å². The summed E-state index contributed by atoms with van der Waals surface area (Å²) < 4.78 is 26.2. The van der Waals surface area contributed by atoms with Crippen LogP contribution in [0.3, 0.4) is 0 Å². The van der Waals surface area contributed by atoms with Crippen molar-refractivity contribution in [2.45, 2.75) is 43.4 Å². The minimum Gasteiger partial charge on any atom is -0.494 e. The summed E-state index contributed by atoms with van der Waals surface area (Å²) >= 11 is 1.18. The number of benzene rings is 3. The van der Waals surface area contributed by atoms with Gasteiger partial charge in [0.05, 0.1) is 38.3 Å². The van der Waals surface area contributed by atoms with Crippen LogP contribution in [0.2, 0.25) is 0 Å². The summed E-state index contributed by atoms with van der Waals surface area (Å²) in [5, 5.41) is -0.0374. The van der Waals surface area contributed by atoms with Crippen molar-refractivity contribution in [3.63, 3.8) is 0 Å². The zero-order valence-electron chi connectivity index (χ0n) is 25.7. The van der Waals surface area contributed by atoms with Gasteiger partial charge < -0.3 is 23.7 Å². The van der Waals surface area contributed by atoms with Gasteiger partial charge >= 0.3 is 11.9 Å². The Morgan fingerprint density at radius 3 is 1.89 bits per heavy atom. The smallest absolute Gasteiger partial charge is 0.335 e. The third-order valence-electron chi connectivity index (χ3n) is 6.50. The van der Waals surface area contributed by atoms with E-state index in [2.05, 4.69) is 17.9 Å². The molecule has 0 heterocycles. The van der Waals surface area contributed by atoms with Crippen LogP contribution in [-0.4, -0.2) is 50.6 Å². The number of unbranched alkanes of at least 4 members (excludes halogenated alkanes) is 3. The molecule has 45 heavy (non-hydrogen) atoms. The van der Waals surface area contributed by atoms with Gasteiger partial charge in [-0.15, -0.1) is 0 Å². The molecule has 0 aromatic heterocycles. The molecule has 0 N–H and O–H groups in total. The Balaban J connectivity index is 1.33. The van der Waals surface area contributed by atoms with E-state index in [1.165, 1.54) is 18.9 Å². The van der Waals surface area contributed by atoms with Gasteiger partial charge in [0.15, 0.2) is 0 Å². The van der Waals surface area contributed by atoms with Crippen molar-refractivity contribution < 1.29 is 38.1 Å². The maximum Gasteiger partial charge on any atom is 0.335 e. The highest BCUT2D eigenvalue weighted by molar-refractivity contribution is 8.14.